The van der Waals surface area contributed by atoms with Crippen LogP contribution >= 0.6 is 0 Å². The Morgan fingerprint density at radius 3 is 2.65 bits per heavy atom. The van der Waals surface area contributed by atoms with E-state index in [1.165, 1.54) is 0 Å². The van der Waals surface area contributed by atoms with Gasteiger partial charge >= 0.3 is 0 Å². The minimum absolute atomic E-state index is 0.138. The molecule has 5 nitrogen and oxygen atoms in total. The second-order valence-electron chi connectivity index (χ2n) is 5.79. The van der Waals surface area contributed by atoms with Gasteiger partial charge in [0.05, 0.1) is 12.7 Å². The second-order valence-corrected chi connectivity index (χ2v) is 5.79. The summed E-state index contributed by atoms with van der Waals surface area (Å²) in [5, 5.41) is 3.08. The fourth-order valence-corrected chi connectivity index (χ4v) is 2.50. The molecule has 3 rings (SSSR count). The Hall–Kier alpha value is -2.82. The number of carbonyl (C=O) groups excluding carboxylic acids is 2. The average Bonchev–Trinajstić information content (AvgIpc) is 2.96. The Bertz CT molecular complexity index is 880. The van der Waals surface area contributed by atoms with E-state index in [0.717, 1.165) is 27.3 Å². The molecule has 0 aliphatic rings. The summed E-state index contributed by atoms with van der Waals surface area (Å²) in [6.45, 7) is 3.52. The number of hydrazine groups is 1. The van der Waals surface area contributed by atoms with Gasteiger partial charge in [-0.25, -0.2) is 0 Å². The molecule has 0 spiro atoms. The van der Waals surface area contributed by atoms with E-state index in [0.29, 0.717) is 0 Å². The normalized spacial score (nSPS) is 11.1. The van der Waals surface area contributed by atoms with Gasteiger partial charge in [0.1, 0.15) is 5.58 Å². The van der Waals surface area contributed by atoms with Crippen molar-refractivity contribution < 1.29 is 14.0 Å². The van der Waals surface area contributed by atoms with Gasteiger partial charge in [-0.2, -0.15) is 0 Å². The van der Waals surface area contributed by atoms with Crippen LogP contribution in [0.2, 0.25) is 0 Å². The Kier molecular flexibility index (Phi) is 4.02. The van der Waals surface area contributed by atoms with Crippen LogP contribution < -0.4 is 10.9 Å². The number of hydrogen-bond acceptors (Lipinski definition) is 3. The number of hydrogen-bond donors (Lipinski definition) is 2. The van der Waals surface area contributed by atoms with E-state index in [2.05, 4.69) is 10.9 Å². The topological polar surface area (TPSA) is 71.3 Å². The van der Waals surface area contributed by atoms with Crippen molar-refractivity contribution in [3.05, 3.63) is 48.2 Å². The van der Waals surface area contributed by atoms with E-state index in [1.54, 1.807) is 20.1 Å². The van der Waals surface area contributed by atoms with Crippen LogP contribution in [0.3, 0.4) is 0 Å². The first kappa shape index (κ1) is 15.1. The van der Waals surface area contributed by atoms with Gasteiger partial charge in [-0.3, -0.25) is 20.4 Å². The van der Waals surface area contributed by atoms with Crippen LogP contribution in [0.1, 0.15) is 19.4 Å². The molecule has 0 aliphatic heterocycles. The van der Waals surface area contributed by atoms with Crippen molar-refractivity contribution >= 4 is 33.6 Å². The molecule has 3 aromatic rings. The fourth-order valence-electron chi connectivity index (χ4n) is 2.50. The van der Waals surface area contributed by atoms with Crippen LogP contribution in [0, 0.1) is 5.92 Å². The first-order chi connectivity index (χ1) is 11.1. The third kappa shape index (κ3) is 3.04. The van der Waals surface area contributed by atoms with E-state index in [-0.39, 0.29) is 24.2 Å². The number of amides is 2. The third-order valence-electron chi connectivity index (χ3n) is 3.74. The first-order valence-corrected chi connectivity index (χ1v) is 7.53. The van der Waals surface area contributed by atoms with Gasteiger partial charge in [-0.15, -0.1) is 0 Å². The van der Waals surface area contributed by atoms with Gasteiger partial charge < -0.3 is 4.42 Å². The van der Waals surface area contributed by atoms with Crippen LogP contribution in [0.15, 0.2) is 47.1 Å². The number of nitrogens with one attached hydrogen (secondary N) is 2. The van der Waals surface area contributed by atoms with E-state index in [1.807, 2.05) is 36.4 Å². The maximum Gasteiger partial charge on any atom is 0.242 e. The summed E-state index contributed by atoms with van der Waals surface area (Å²) in [5.74, 6) is -0.690. The summed E-state index contributed by atoms with van der Waals surface area (Å²) in [7, 11) is 0. The Balaban J connectivity index is 1.84. The van der Waals surface area contributed by atoms with Gasteiger partial charge in [0.25, 0.3) is 0 Å². The van der Waals surface area contributed by atoms with Gasteiger partial charge in [-0.1, -0.05) is 44.2 Å². The molecule has 0 atom stereocenters. The molecule has 1 heterocycles. The van der Waals surface area contributed by atoms with Crippen LogP contribution in [-0.4, -0.2) is 11.8 Å². The van der Waals surface area contributed by atoms with Crippen LogP contribution in [-0.2, 0) is 16.0 Å². The summed E-state index contributed by atoms with van der Waals surface area (Å²) in [6, 6.07) is 11.9. The second kappa shape index (κ2) is 6.12. The molecule has 0 saturated heterocycles. The maximum absolute atomic E-state index is 12.0. The van der Waals surface area contributed by atoms with Crippen molar-refractivity contribution in [1.82, 2.24) is 10.9 Å². The van der Waals surface area contributed by atoms with Gasteiger partial charge in [-0.05, 0) is 16.8 Å². The van der Waals surface area contributed by atoms with Crippen LogP contribution in [0.25, 0.3) is 21.7 Å². The monoisotopic (exact) mass is 310 g/mol. The number of benzene rings is 2. The zero-order valence-electron chi connectivity index (χ0n) is 13.1. The molecule has 118 valence electrons. The summed E-state index contributed by atoms with van der Waals surface area (Å²) in [4.78, 5) is 23.5. The number of rotatable bonds is 3. The summed E-state index contributed by atoms with van der Waals surface area (Å²) in [5.41, 5.74) is 6.39. The molecular formula is C18H18N2O3. The average molecular weight is 310 g/mol. The Labute approximate surface area is 133 Å². The Morgan fingerprint density at radius 1 is 1.09 bits per heavy atom. The van der Waals surface area contributed by atoms with Gasteiger partial charge in [0.15, 0.2) is 0 Å². The van der Waals surface area contributed by atoms with Crippen molar-refractivity contribution in [2.45, 2.75) is 20.3 Å². The molecule has 1 aromatic heterocycles. The van der Waals surface area contributed by atoms with Crippen molar-refractivity contribution in [1.29, 1.82) is 0 Å². The largest absolute Gasteiger partial charge is 0.464 e. The van der Waals surface area contributed by atoms with E-state index in [4.69, 9.17) is 4.42 Å². The predicted molar refractivity (Wildman–Crippen MR) is 88.5 cm³/mol. The predicted octanol–water partition coefficient (Wildman–Crippen LogP) is 2.93. The standard InChI is InChI=1S/C18H18N2O3/c1-11(2)18(22)20-19-16(21)9-13-10-23-15-8-7-12-5-3-4-6-14(12)17(13)15/h3-8,10-11H,9H2,1-2H3,(H,19,21)(H,20,22). The minimum Gasteiger partial charge on any atom is -0.464 e. The maximum atomic E-state index is 12.0. The molecule has 0 fully saturated rings. The number of carbonyl (C=O) groups is 2. The van der Waals surface area contributed by atoms with Gasteiger partial charge in [0.2, 0.25) is 11.8 Å². The van der Waals surface area contributed by atoms with E-state index in [9.17, 15) is 9.59 Å². The molecule has 2 aromatic carbocycles. The summed E-state index contributed by atoms with van der Waals surface area (Å²) >= 11 is 0. The van der Waals surface area contributed by atoms with Crippen molar-refractivity contribution in [3.63, 3.8) is 0 Å². The van der Waals surface area contributed by atoms with Crippen molar-refractivity contribution in [3.8, 4) is 0 Å². The molecular weight excluding hydrogens is 292 g/mol. The zero-order chi connectivity index (χ0) is 16.4. The van der Waals surface area contributed by atoms with E-state index < -0.39 is 0 Å². The molecule has 2 N–H and O–H groups in total. The zero-order valence-corrected chi connectivity index (χ0v) is 13.1. The smallest absolute Gasteiger partial charge is 0.242 e. The number of fused-ring (bicyclic) bond motifs is 3. The number of furan rings is 1. The highest BCUT2D eigenvalue weighted by atomic mass is 16.3. The lowest BCUT2D eigenvalue weighted by atomic mass is 10.0. The third-order valence-corrected chi connectivity index (χ3v) is 3.74. The highest BCUT2D eigenvalue weighted by molar-refractivity contribution is 6.08. The lowest BCUT2D eigenvalue weighted by molar-refractivity contribution is -0.130. The molecule has 0 bridgehead atoms. The molecule has 23 heavy (non-hydrogen) atoms. The molecule has 0 saturated carbocycles. The molecule has 2 amide bonds. The van der Waals surface area contributed by atoms with Crippen LogP contribution in [0.4, 0.5) is 0 Å². The van der Waals surface area contributed by atoms with Gasteiger partial charge in [0, 0.05) is 16.9 Å². The Morgan fingerprint density at radius 2 is 1.87 bits per heavy atom. The quantitative estimate of drug-likeness (QED) is 0.731. The van der Waals surface area contributed by atoms with Crippen molar-refractivity contribution in [2.75, 3.05) is 0 Å². The SMILES string of the molecule is CC(C)C(=O)NNC(=O)Cc1coc2ccc3ccccc3c12. The first-order valence-electron chi connectivity index (χ1n) is 7.53. The fraction of sp³-hybridized carbons (Fsp3) is 0.222. The molecule has 0 unspecified atom stereocenters. The highest BCUT2D eigenvalue weighted by Gasteiger charge is 2.14. The van der Waals surface area contributed by atoms with Crippen LogP contribution in [0.5, 0.6) is 0 Å². The molecule has 0 radical (unpaired) electrons. The molecule has 5 heteroatoms. The lowest BCUT2D eigenvalue weighted by Crippen LogP contribution is -2.44. The summed E-state index contributed by atoms with van der Waals surface area (Å²) < 4.78 is 5.55. The van der Waals surface area contributed by atoms with E-state index >= 15 is 0 Å². The highest BCUT2D eigenvalue weighted by Crippen LogP contribution is 2.29. The van der Waals surface area contributed by atoms with Crippen molar-refractivity contribution in [2.24, 2.45) is 5.92 Å². The summed E-state index contributed by atoms with van der Waals surface area (Å²) in [6.07, 6.45) is 1.74. The lowest BCUT2D eigenvalue weighted by Gasteiger charge is -2.09. The molecule has 0 aliphatic carbocycles. The minimum atomic E-state index is -0.283.